The van der Waals surface area contributed by atoms with Crippen LogP contribution in [-0.2, 0) is 12.6 Å². The number of carbonyl (C=O) groups is 2. The lowest BCUT2D eigenvalue weighted by Gasteiger charge is -2.08. The molecular weight excluding hydrogens is 402 g/mol. The monoisotopic (exact) mass is 415 g/mol. The summed E-state index contributed by atoms with van der Waals surface area (Å²) >= 11 is 0. The van der Waals surface area contributed by atoms with E-state index >= 15 is 0 Å². The average molecular weight is 415 g/mol. The van der Waals surface area contributed by atoms with Crippen molar-refractivity contribution < 1.29 is 27.2 Å². The van der Waals surface area contributed by atoms with Gasteiger partial charge in [-0.3, -0.25) is 9.59 Å². The van der Waals surface area contributed by atoms with Gasteiger partial charge in [-0.25, -0.2) is 9.07 Å². The Morgan fingerprint density at radius 1 is 1.17 bits per heavy atom. The Hall–Kier alpha value is -3.80. The molecule has 0 atom stereocenters. The largest absolute Gasteiger partial charge is 0.435 e. The smallest absolute Gasteiger partial charge is 0.298 e. The number of aromatic nitrogens is 2. The minimum atomic E-state index is -4.79. The number of carbonyl (C=O) groups excluding carboxylic acids is 2. The minimum absolute atomic E-state index is 0.00874. The van der Waals surface area contributed by atoms with Gasteiger partial charge in [-0.1, -0.05) is 18.2 Å². The molecule has 30 heavy (non-hydrogen) atoms. The molecule has 0 saturated heterocycles. The van der Waals surface area contributed by atoms with Crippen molar-refractivity contribution in [3.05, 3.63) is 82.4 Å². The molecule has 0 fully saturated rings. The first-order chi connectivity index (χ1) is 14.2. The second kappa shape index (κ2) is 8.29. The molecule has 0 spiro atoms. The number of rotatable bonds is 6. The van der Waals surface area contributed by atoms with E-state index in [1.165, 1.54) is 36.4 Å². The maximum atomic E-state index is 14.0. The topological polar surface area (TPSA) is 75.8 Å². The Balaban J connectivity index is 1.98. The summed E-state index contributed by atoms with van der Waals surface area (Å²) in [5.41, 5.74) is -1.28. The number of ketones is 1. The van der Waals surface area contributed by atoms with Crippen LogP contribution in [0.5, 0.6) is 0 Å². The molecule has 0 bridgehead atoms. The Kier molecular flexibility index (Phi) is 5.78. The Morgan fingerprint density at radius 3 is 2.57 bits per heavy atom. The first-order valence-electron chi connectivity index (χ1n) is 8.68. The lowest BCUT2D eigenvalue weighted by molar-refractivity contribution is -0.141. The Labute approximate surface area is 168 Å². The highest BCUT2D eigenvalue weighted by Crippen LogP contribution is 2.30. The van der Waals surface area contributed by atoms with Crippen molar-refractivity contribution in [3.8, 4) is 11.8 Å². The normalized spacial score (nSPS) is 11.2. The first kappa shape index (κ1) is 20.9. The molecule has 1 aromatic heterocycles. The maximum absolute atomic E-state index is 14.0. The summed E-state index contributed by atoms with van der Waals surface area (Å²) in [4.78, 5) is 23.8. The molecule has 0 aliphatic rings. The molecule has 0 aliphatic carbocycles. The molecule has 3 aromatic rings. The van der Waals surface area contributed by atoms with E-state index in [9.17, 15) is 27.2 Å². The van der Waals surface area contributed by atoms with Crippen LogP contribution in [-0.4, -0.2) is 21.8 Å². The van der Waals surface area contributed by atoms with E-state index in [1.54, 1.807) is 0 Å². The number of Topliss-reactive ketones (excluding diaryl/α,β-unsaturated/α-hetero) is 1. The highest BCUT2D eigenvalue weighted by Gasteiger charge is 2.36. The summed E-state index contributed by atoms with van der Waals surface area (Å²) in [6.07, 6.45) is -4.86. The fourth-order valence-electron chi connectivity index (χ4n) is 2.94. The van der Waals surface area contributed by atoms with Crippen molar-refractivity contribution >= 4 is 12.1 Å². The second-order valence-electron chi connectivity index (χ2n) is 6.34. The third-order valence-electron chi connectivity index (χ3n) is 4.39. The fraction of sp³-hybridized carbons (Fsp3) is 0.143. The van der Waals surface area contributed by atoms with Gasteiger partial charge in [0.1, 0.15) is 17.8 Å². The summed E-state index contributed by atoms with van der Waals surface area (Å²) < 4.78 is 54.4. The first-order valence-corrected chi connectivity index (χ1v) is 8.68. The van der Waals surface area contributed by atoms with Crippen LogP contribution in [0.25, 0.3) is 5.69 Å². The SMILES string of the molecule is N#Cc1cccc(-n2nc(C(F)(F)F)cc2C(=O)CCc2c(F)cccc2C=O)c1. The van der Waals surface area contributed by atoms with Crippen LogP contribution >= 0.6 is 0 Å². The molecule has 0 N–H and O–H groups in total. The molecule has 9 heteroatoms. The molecule has 0 unspecified atom stereocenters. The quantitative estimate of drug-likeness (QED) is 0.337. The zero-order chi connectivity index (χ0) is 21.9. The van der Waals surface area contributed by atoms with Crippen LogP contribution in [0.15, 0.2) is 48.5 Å². The van der Waals surface area contributed by atoms with Crippen LogP contribution in [0.4, 0.5) is 17.6 Å². The molecule has 2 aromatic carbocycles. The third kappa shape index (κ3) is 4.27. The number of hydrogen-bond donors (Lipinski definition) is 0. The molecule has 0 aliphatic heterocycles. The van der Waals surface area contributed by atoms with Crippen LogP contribution in [0, 0.1) is 17.1 Å². The second-order valence-corrected chi connectivity index (χ2v) is 6.34. The van der Waals surface area contributed by atoms with E-state index in [1.807, 2.05) is 6.07 Å². The number of aldehydes is 1. The molecule has 5 nitrogen and oxygen atoms in total. The zero-order valence-electron chi connectivity index (χ0n) is 15.3. The predicted octanol–water partition coefficient (Wildman–Crippen LogP) is 4.53. The number of benzene rings is 2. The summed E-state index contributed by atoms with van der Waals surface area (Å²) in [7, 11) is 0. The number of hydrogen-bond acceptors (Lipinski definition) is 4. The number of nitrogens with zero attached hydrogens (tertiary/aromatic N) is 3. The van der Waals surface area contributed by atoms with Crippen LogP contribution in [0.1, 0.15) is 44.1 Å². The molecule has 0 saturated carbocycles. The van der Waals surface area contributed by atoms with Crippen LogP contribution < -0.4 is 0 Å². The number of halogens is 4. The van der Waals surface area contributed by atoms with Crippen molar-refractivity contribution in [1.82, 2.24) is 9.78 Å². The predicted molar refractivity (Wildman–Crippen MR) is 97.7 cm³/mol. The van der Waals surface area contributed by atoms with Crippen LogP contribution in [0.2, 0.25) is 0 Å². The van der Waals surface area contributed by atoms with E-state index in [4.69, 9.17) is 5.26 Å². The van der Waals surface area contributed by atoms with Gasteiger partial charge in [-0.05, 0) is 36.2 Å². The van der Waals surface area contributed by atoms with Gasteiger partial charge in [0.05, 0.1) is 17.3 Å². The standard InChI is InChI=1S/C21H13F4N3O2/c22-17-6-2-4-14(12-29)16(17)7-8-19(30)18-10-20(21(23,24)25)27-28(18)15-5-1-3-13(9-15)11-26/h1-6,9-10,12H,7-8H2. The summed E-state index contributed by atoms with van der Waals surface area (Å²) in [6.45, 7) is 0. The Bertz CT molecular complexity index is 1160. The molecule has 0 amide bonds. The molecule has 0 radical (unpaired) electrons. The lowest BCUT2D eigenvalue weighted by Crippen LogP contribution is -2.11. The van der Waals surface area contributed by atoms with E-state index in [0.29, 0.717) is 12.4 Å². The van der Waals surface area contributed by atoms with Gasteiger partial charge in [-0.2, -0.15) is 23.5 Å². The molecule has 3 rings (SSSR count). The van der Waals surface area contributed by atoms with Gasteiger partial charge in [0.25, 0.3) is 0 Å². The summed E-state index contributed by atoms with van der Waals surface area (Å²) in [5.74, 6) is -1.40. The van der Waals surface area contributed by atoms with Crippen molar-refractivity contribution in [2.24, 2.45) is 0 Å². The van der Waals surface area contributed by atoms with Gasteiger partial charge < -0.3 is 0 Å². The van der Waals surface area contributed by atoms with Crippen molar-refractivity contribution in [2.45, 2.75) is 19.0 Å². The van der Waals surface area contributed by atoms with E-state index in [0.717, 1.165) is 10.7 Å². The fourth-order valence-corrected chi connectivity index (χ4v) is 2.94. The van der Waals surface area contributed by atoms with E-state index in [-0.39, 0.29) is 40.9 Å². The molecule has 1 heterocycles. The maximum Gasteiger partial charge on any atom is 0.435 e. The summed E-state index contributed by atoms with van der Waals surface area (Å²) in [5, 5.41) is 12.5. The third-order valence-corrected chi connectivity index (χ3v) is 4.39. The van der Waals surface area contributed by atoms with E-state index < -0.39 is 23.5 Å². The molecular formula is C21H13F4N3O2. The van der Waals surface area contributed by atoms with Gasteiger partial charge in [-0.15, -0.1) is 0 Å². The average Bonchev–Trinajstić information content (AvgIpc) is 3.18. The van der Waals surface area contributed by atoms with Crippen molar-refractivity contribution in [1.29, 1.82) is 5.26 Å². The highest BCUT2D eigenvalue weighted by atomic mass is 19.4. The van der Waals surface area contributed by atoms with Gasteiger partial charge >= 0.3 is 6.18 Å². The van der Waals surface area contributed by atoms with Crippen molar-refractivity contribution in [3.63, 3.8) is 0 Å². The molecule has 152 valence electrons. The minimum Gasteiger partial charge on any atom is -0.298 e. The highest BCUT2D eigenvalue weighted by molar-refractivity contribution is 5.95. The summed E-state index contributed by atoms with van der Waals surface area (Å²) in [6, 6.07) is 12.0. The van der Waals surface area contributed by atoms with Gasteiger partial charge in [0.2, 0.25) is 0 Å². The van der Waals surface area contributed by atoms with Crippen molar-refractivity contribution in [2.75, 3.05) is 0 Å². The lowest BCUT2D eigenvalue weighted by atomic mass is 10.0. The van der Waals surface area contributed by atoms with Crippen LogP contribution in [0.3, 0.4) is 0 Å². The Morgan fingerprint density at radius 2 is 1.90 bits per heavy atom. The zero-order valence-corrected chi connectivity index (χ0v) is 15.3. The van der Waals surface area contributed by atoms with E-state index in [2.05, 4.69) is 5.10 Å². The van der Waals surface area contributed by atoms with Gasteiger partial charge in [0.15, 0.2) is 11.5 Å². The number of nitriles is 1. The van der Waals surface area contributed by atoms with Gasteiger partial charge in [0, 0.05) is 18.1 Å². The number of alkyl halides is 3.